The normalized spacial score (nSPS) is 30.8. The van der Waals surface area contributed by atoms with Crippen LogP contribution in [0, 0.1) is 33.5 Å². The van der Waals surface area contributed by atoms with E-state index in [9.17, 15) is 0 Å². The van der Waals surface area contributed by atoms with E-state index in [0.717, 1.165) is 24.9 Å². The Morgan fingerprint density at radius 1 is 0.479 bits per heavy atom. The van der Waals surface area contributed by atoms with Gasteiger partial charge >= 0.3 is 0 Å². The molecule has 0 spiro atoms. The fraction of sp³-hybridized carbons (Fsp3) is 0.955. The fourth-order valence-corrected chi connectivity index (χ4v) is 11.4. The minimum Gasteiger partial charge on any atom is -0.323 e. The quantitative estimate of drug-likeness (QED) is 0.0765. The van der Waals surface area contributed by atoms with Crippen LogP contribution in [-0.4, -0.2) is 85.8 Å². The van der Waals surface area contributed by atoms with Crippen LogP contribution in [0.3, 0.4) is 0 Å². The van der Waals surface area contributed by atoms with Gasteiger partial charge in [-0.25, -0.2) is 0 Å². The van der Waals surface area contributed by atoms with Crippen LogP contribution in [-0.2, 0) is 0 Å². The Balaban J connectivity index is 1.03. The van der Waals surface area contributed by atoms with Gasteiger partial charge in [0, 0.05) is 22.3 Å². The maximum atomic E-state index is 5.31. The van der Waals surface area contributed by atoms with E-state index in [2.05, 4.69) is 69.2 Å². The Morgan fingerprint density at radius 3 is 1.04 bits per heavy atom. The molecule has 4 atom stereocenters. The second-order valence-electron chi connectivity index (χ2n) is 19.0. The Kier molecular flexibility index (Phi) is 14.0. The van der Waals surface area contributed by atoms with Gasteiger partial charge in [-0.15, -0.1) is 0 Å². The highest BCUT2D eigenvalue weighted by Gasteiger charge is 2.60. The molecule has 0 amide bonds. The summed E-state index contributed by atoms with van der Waals surface area (Å²) in [6.45, 7) is 37.0. The lowest BCUT2D eigenvalue weighted by atomic mass is 9.70. The Morgan fingerprint density at radius 2 is 0.792 bits per heavy atom. The zero-order valence-corrected chi connectivity index (χ0v) is 34.3. The van der Waals surface area contributed by atoms with Crippen molar-refractivity contribution in [3.63, 3.8) is 0 Å². The van der Waals surface area contributed by atoms with Gasteiger partial charge in [-0.2, -0.15) is 0 Å². The van der Waals surface area contributed by atoms with Crippen LogP contribution >= 0.6 is 0 Å². The van der Waals surface area contributed by atoms with E-state index in [-0.39, 0.29) is 0 Å². The lowest BCUT2D eigenvalue weighted by Crippen LogP contribution is -2.50. The summed E-state index contributed by atoms with van der Waals surface area (Å²) < 4.78 is 2.53. The van der Waals surface area contributed by atoms with Gasteiger partial charge in [-0.05, 0) is 115 Å². The highest BCUT2D eigenvalue weighted by Crippen LogP contribution is 2.65. The lowest BCUT2D eigenvalue weighted by Gasteiger charge is -2.37. The predicted molar refractivity (Wildman–Crippen MR) is 211 cm³/mol. The first kappa shape index (κ1) is 40.0. The van der Waals surface area contributed by atoms with Gasteiger partial charge < -0.3 is 8.97 Å². The molecule has 0 N–H and O–H groups in total. The van der Waals surface area contributed by atoms with E-state index in [1.54, 1.807) is 11.4 Å². The summed E-state index contributed by atoms with van der Waals surface area (Å²) in [6, 6.07) is 0. The largest absolute Gasteiger partial charge is 0.323 e. The number of fused-ring (bicyclic) bond motifs is 4. The number of hydrogen-bond acceptors (Lipinski definition) is 2. The van der Waals surface area contributed by atoms with Crippen LogP contribution in [0.15, 0.2) is 9.98 Å². The van der Waals surface area contributed by atoms with Crippen molar-refractivity contribution in [1.82, 2.24) is 0 Å². The summed E-state index contributed by atoms with van der Waals surface area (Å²) in [5.74, 6) is 1.74. The SMILES string of the molecule is CC[N+](CC)(CCCCCCCCCCCC[N+](CC)(CC)CCN=C1C[C@H]2CC[C@]1(C)C2(C)C)CCN=C1C[C@H]2CC[C@]1(C)C2(C)C. The van der Waals surface area contributed by atoms with Crippen molar-refractivity contribution in [3.8, 4) is 0 Å². The molecular formula is C44H84N4+2. The van der Waals surface area contributed by atoms with E-state index in [1.807, 2.05) is 0 Å². The maximum Gasteiger partial charge on any atom is 0.0985 e. The number of nitrogens with zero attached hydrogens (tertiary/aromatic N) is 4. The first-order valence-corrected chi connectivity index (χ1v) is 21.6. The Labute approximate surface area is 300 Å². The molecule has 4 saturated carbocycles. The summed E-state index contributed by atoms with van der Waals surface area (Å²) in [4.78, 5) is 10.6. The third kappa shape index (κ3) is 8.16. The predicted octanol–water partition coefficient (Wildman–Crippen LogP) is 11.2. The molecule has 4 heteroatoms. The number of rotatable bonds is 23. The first-order valence-electron chi connectivity index (χ1n) is 21.6. The van der Waals surface area contributed by atoms with Crippen molar-refractivity contribution in [2.24, 2.45) is 43.5 Å². The molecule has 278 valence electrons. The number of aliphatic imine (C=N–C) groups is 2. The van der Waals surface area contributed by atoms with Crippen LogP contribution in [0.25, 0.3) is 0 Å². The molecular weight excluding hydrogens is 585 g/mol. The molecule has 4 nitrogen and oxygen atoms in total. The molecule has 0 unspecified atom stereocenters. The third-order valence-electron chi connectivity index (χ3n) is 17.0. The Hall–Kier alpha value is -0.740. The molecule has 4 aliphatic carbocycles. The van der Waals surface area contributed by atoms with Crippen molar-refractivity contribution in [1.29, 1.82) is 0 Å². The number of quaternary nitrogens is 2. The minimum absolute atomic E-state index is 0.363. The molecule has 0 heterocycles. The number of likely N-dealkylation sites (N-methyl/N-ethyl adjacent to an activating group) is 2. The molecule has 0 aliphatic heterocycles. The molecule has 0 aromatic heterocycles. The second-order valence-corrected chi connectivity index (χ2v) is 19.0. The summed E-state index contributed by atoms with van der Waals surface area (Å²) in [7, 11) is 0. The van der Waals surface area contributed by atoms with Crippen LogP contribution < -0.4 is 0 Å². The average Bonchev–Trinajstić information content (AvgIpc) is 3.59. The Bertz CT molecular complexity index is 978. The van der Waals surface area contributed by atoms with Crippen molar-refractivity contribution >= 4 is 11.4 Å². The van der Waals surface area contributed by atoms with Gasteiger partial charge in [0.1, 0.15) is 0 Å². The summed E-state index contributed by atoms with van der Waals surface area (Å²) in [5.41, 5.74) is 4.75. The summed E-state index contributed by atoms with van der Waals surface area (Å²) >= 11 is 0. The van der Waals surface area contributed by atoms with E-state index in [1.165, 1.54) is 164 Å². The highest BCUT2D eigenvalue weighted by molar-refractivity contribution is 5.94. The highest BCUT2D eigenvalue weighted by atomic mass is 15.4. The molecule has 0 aromatic rings. The number of unbranched alkanes of at least 4 members (excludes halogenated alkanes) is 9. The smallest absolute Gasteiger partial charge is 0.0985 e. The standard InChI is InChI=1S/C44H84N4/c1-11-47(12-2,33-29-45-39-35-37-25-27-43(39,9)41(37,5)6)31-23-21-19-17-15-16-18-20-22-24-32-48(13-3,14-4)34-30-46-40-36-38-26-28-44(40,10)42(38,7)8/h37-38H,11-36H2,1-10H3/q+2/t37-,38-,43+,44+/m1/s1. The van der Waals surface area contributed by atoms with Gasteiger partial charge in [0.05, 0.1) is 65.4 Å². The van der Waals surface area contributed by atoms with Crippen molar-refractivity contribution in [3.05, 3.63) is 0 Å². The van der Waals surface area contributed by atoms with E-state index < -0.39 is 0 Å². The molecule has 0 saturated heterocycles. The van der Waals surface area contributed by atoms with Gasteiger partial charge in [0.2, 0.25) is 0 Å². The van der Waals surface area contributed by atoms with Crippen LogP contribution in [0.1, 0.15) is 172 Å². The molecule has 0 radical (unpaired) electrons. The van der Waals surface area contributed by atoms with Gasteiger partial charge in [0.15, 0.2) is 0 Å². The van der Waals surface area contributed by atoms with Crippen LogP contribution in [0.2, 0.25) is 0 Å². The molecule has 48 heavy (non-hydrogen) atoms. The van der Waals surface area contributed by atoms with E-state index >= 15 is 0 Å². The van der Waals surface area contributed by atoms with Crippen molar-refractivity contribution in [2.45, 2.75) is 172 Å². The molecule has 4 bridgehead atoms. The van der Waals surface area contributed by atoms with Gasteiger partial charge in [0.25, 0.3) is 0 Å². The average molecular weight is 669 g/mol. The maximum absolute atomic E-state index is 5.31. The van der Waals surface area contributed by atoms with Gasteiger partial charge in [-0.1, -0.05) is 80.1 Å². The summed E-state index contributed by atoms with van der Waals surface area (Å²) in [5, 5.41) is 0. The lowest BCUT2D eigenvalue weighted by molar-refractivity contribution is -0.923. The number of hydrogen-bond donors (Lipinski definition) is 0. The summed E-state index contributed by atoms with van der Waals surface area (Å²) in [6.07, 6.45) is 22.3. The van der Waals surface area contributed by atoms with Crippen molar-refractivity contribution < 1.29 is 8.97 Å². The fourth-order valence-electron chi connectivity index (χ4n) is 11.4. The topological polar surface area (TPSA) is 24.7 Å². The second kappa shape index (κ2) is 16.7. The van der Waals surface area contributed by atoms with Crippen LogP contribution in [0.5, 0.6) is 0 Å². The van der Waals surface area contributed by atoms with Crippen molar-refractivity contribution in [2.75, 3.05) is 65.4 Å². The third-order valence-corrected chi connectivity index (χ3v) is 17.0. The molecule has 4 aliphatic rings. The van der Waals surface area contributed by atoms with E-state index in [4.69, 9.17) is 9.98 Å². The molecule has 4 fully saturated rings. The molecule has 0 aromatic carbocycles. The molecule has 4 rings (SSSR count). The van der Waals surface area contributed by atoms with Crippen LogP contribution in [0.4, 0.5) is 0 Å². The first-order chi connectivity index (χ1) is 22.8. The van der Waals surface area contributed by atoms with Gasteiger partial charge in [-0.3, -0.25) is 9.98 Å². The zero-order chi connectivity index (χ0) is 35.1. The monoisotopic (exact) mass is 669 g/mol. The minimum atomic E-state index is 0.363. The zero-order valence-electron chi connectivity index (χ0n) is 34.3. The van der Waals surface area contributed by atoms with E-state index in [0.29, 0.717) is 21.7 Å².